The van der Waals surface area contributed by atoms with Gasteiger partial charge in [0.15, 0.2) is 0 Å². The van der Waals surface area contributed by atoms with Crippen molar-refractivity contribution in [1.82, 2.24) is 25.1 Å². The summed E-state index contributed by atoms with van der Waals surface area (Å²) in [5.41, 5.74) is 3.21. The molecule has 3 aliphatic rings. The highest BCUT2D eigenvalue weighted by molar-refractivity contribution is 5.93. The van der Waals surface area contributed by atoms with Crippen molar-refractivity contribution < 1.29 is 4.74 Å². The number of hydrogen-bond donors (Lipinski definition) is 1. The van der Waals surface area contributed by atoms with Crippen LogP contribution in [-0.4, -0.2) is 62.9 Å². The van der Waals surface area contributed by atoms with Gasteiger partial charge in [-0.15, -0.1) is 0 Å². The van der Waals surface area contributed by atoms with E-state index in [2.05, 4.69) is 62.9 Å². The van der Waals surface area contributed by atoms with E-state index >= 15 is 0 Å². The third-order valence-electron chi connectivity index (χ3n) is 7.98. The minimum atomic E-state index is -0.00374. The first-order valence-corrected chi connectivity index (χ1v) is 11.9. The van der Waals surface area contributed by atoms with E-state index in [0.29, 0.717) is 11.5 Å². The van der Waals surface area contributed by atoms with Gasteiger partial charge < -0.3 is 9.64 Å². The molecule has 1 unspecified atom stereocenters. The lowest BCUT2D eigenvalue weighted by molar-refractivity contribution is 0.141. The van der Waals surface area contributed by atoms with Crippen LogP contribution in [0, 0.1) is 5.41 Å². The summed E-state index contributed by atoms with van der Waals surface area (Å²) >= 11 is 0. The van der Waals surface area contributed by atoms with Crippen LogP contribution in [0.3, 0.4) is 0 Å². The number of nitrogens with one attached hydrogen (secondary N) is 1. The molecule has 1 aliphatic heterocycles. The molecule has 1 aromatic carbocycles. The molecule has 3 fully saturated rings. The molecule has 168 valence electrons. The highest BCUT2D eigenvalue weighted by Gasteiger charge is 2.45. The highest BCUT2D eigenvalue weighted by atomic mass is 16.5. The lowest BCUT2D eigenvalue weighted by atomic mass is 9.98. The van der Waals surface area contributed by atoms with Gasteiger partial charge in [0.2, 0.25) is 0 Å². The predicted molar refractivity (Wildman–Crippen MR) is 126 cm³/mol. The molecule has 0 bridgehead atoms. The van der Waals surface area contributed by atoms with Crippen molar-refractivity contribution in [2.45, 2.75) is 58.1 Å². The zero-order valence-corrected chi connectivity index (χ0v) is 19.3. The molecule has 3 aromatic rings. The van der Waals surface area contributed by atoms with Gasteiger partial charge in [-0.1, -0.05) is 6.92 Å². The van der Waals surface area contributed by atoms with Gasteiger partial charge in [0.1, 0.15) is 29.2 Å². The number of anilines is 1. The Hall–Kier alpha value is -2.67. The Morgan fingerprint density at radius 1 is 1.00 bits per heavy atom. The molecular formula is C25H32N6O. The summed E-state index contributed by atoms with van der Waals surface area (Å²) in [6, 6.07) is 8.87. The van der Waals surface area contributed by atoms with E-state index in [1.807, 2.05) is 12.1 Å². The Morgan fingerprint density at radius 3 is 2.50 bits per heavy atom. The third-order valence-corrected chi connectivity index (χ3v) is 7.98. The number of benzene rings is 1. The molecule has 2 saturated carbocycles. The first-order chi connectivity index (χ1) is 15.4. The van der Waals surface area contributed by atoms with E-state index in [0.717, 1.165) is 72.9 Å². The summed E-state index contributed by atoms with van der Waals surface area (Å²) in [6.45, 7) is 11.1. The smallest absolute Gasteiger partial charge is 0.132 e. The Bertz CT molecular complexity index is 1140. The Labute approximate surface area is 189 Å². The molecule has 1 atom stereocenters. The molecule has 2 aromatic heterocycles. The van der Waals surface area contributed by atoms with Crippen LogP contribution in [0.4, 0.5) is 5.82 Å². The molecule has 1 saturated heterocycles. The number of hydrogen-bond acceptors (Lipinski definition) is 6. The number of piperazine rings is 1. The summed E-state index contributed by atoms with van der Waals surface area (Å²) < 4.78 is 6.17. The second-order valence-electron chi connectivity index (χ2n) is 10.4. The van der Waals surface area contributed by atoms with Crippen LogP contribution in [0.2, 0.25) is 0 Å². The quantitative estimate of drug-likeness (QED) is 0.628. The van der Waals surface area contributed by atoms with Crippen molar-refractivity contribution >= 4 is 16.7 Å². The fourth-order valence-corrected chi connectivity index (χ4v) is 4.86. The summed E-state index contributed by atoms with van der Waals surface area (Å²) in [5.74, 6) is 1.87. The average molecular weight is 433 g/mol. The minimum absolute atomic E-state index is 0.00374. The first kappa shape index (κ1) is 20.0. The molecule has 32 heavy (non-hydrogen) atoms. The van der Waals surface area contributed by atoms with Crippen LogP contribution in [-0.2, 0) is 0 Å². The minimum Gasteiger partial charge on any atom is -0.488 e. The van der Waals surface area contributed by atoms with E-state index in [9.17, 15) is 0 Å². The van der Waals surface area contributed by atoms with E-state index in [-0.39, 0.29) is 5.60 Å². The molecule has 0 spiro atoms. The number of aromatic nitrogens is 4. The molecule has 0 radical (unpaired) electrons. The van der Waals surface area contributed by atoms with Gasteiger partial charge in [-0.2, -0.15) is 5.10 Å². The van der Waals surface area contributed by atoms with Gasteiger partial charge in [-0.05, 0) is 63.1 Å². The second-order valence-corrected chi connectivity index (χ2v) is 10.4. The molecule has 7 nitrogen and oxygen atoms in total. The van der Waals surface area contributed by atoms with Gasteiger partial charge in [0, 0.05) is 43.7 Å². The highest BCUT2D eigenvalue weighted by Crippen LogP contribution is 2.50. The number of aromatic amines is 1. The molecule has 0 amide bonds. The van der Waals surface area contributed by atoms with Gasteiger partial charge in [-0.3, -0.25) is 10.00 Å². The Balaban J connectivity index is 1.22. The van der Waals surface area contributed by atoms with Gasteiger partial charge in [-0.25, -0.2) is 9.97 Å². The fraction of sp³-hybridized carbons (Fsp3) is 0.560. The number of fused-ring (bicyclic) bond motifs is 1. The van der Waals surface area contributed by atoms with Crippen molar-refractivity contribution in [1.29, 1.82) is 0 Å². The van der Waals surface area contributed by atoms with Gasteiger partial charge in [0.05, 0.1) is 11.2 Å². The molecule has 7 heteroatoms. The van der Waals surface area contributed by atoms with Crippen molar-refractivity contribution in [3.8, 4) is 17.1 Å². The lowest BCUT2D eigenvalue weighted by Crippen LogP contribution is -2.51. The molecular weight excluding hydrogens is 400 g/mol. The maximum absolute atomic E-state index is 6.17. The normalized spacial score (nSPS) is 22.7. The first-order valence-electron chi connectivity index (χ1n) is 11.9. The Morgan fingerprint density at radius 2 is 1.78 bits per heavy atom. The largest absolute Gasteiger partial charge is 0.488 e. The summed E-state index contributed by atoms with van der Waals surface area (Å²) in [6.07, 6.45) is 6.63. The Kier molecular flexibility index (Phi) is 4.47. The fourth-order valence-electron chi connectivity index (χ4n) is 4.86. The SMILES string of the molecule is CC(N1CCN(c2cc(-c3n[nH]c4ccc(OC5(C)CC5)cc34)ncn2)CC1)C1(C)CC1. The van der Waals surface area contributed by atoms with Gasteiger partial charge in [0.25, 0.3) is 0 Å². The van der Waals surface area contributed by atoms with Crippen LogP contribution in [0.5, 0.6) is 5.75 Å². The van der Waals surface area contributed by atoms with Crippen LogP contribution in [0.15, 0.2) is 30.6 Å². The lowest BCUT2D eigenvalue weighted by Gasteiger charge is -2.40. The third kappa shape index (κ3) is 3.62. The standard InChI is InChI=1S/C25H32N6O/c1-17(24(2)6-7-24)30-10-12-31(13-11-30)22-15-21(26-16-27-22)23-19-14-18(32-25(3)8-9-25)4-5-20(19)28-29-23/h4-5,14-17H,6-13H2,1-3H3,(H,28,29). The van der Waals surface area contributed by atoms with Crippen molar-refractivity contribution in [3.63, 3.8) is 0 Å². The maximum Gasteiger partial charge on any atom is 0.132 e. The average Bonchev–Trinajstić information content (AvgIpc) is 3.70. The summed E-state index contributed by atoms with van der Waals surface area (Å²) in [4.78, 5) is 14.2. The zero-order chi connectivity index (χ0) is 21.9. The number of ether oxygens (including phenoxy) is 1. The van der Waals surface area contributed by atoms with E-state index in [1.54, 1.807) is 6.33 Å². The molecule has 1 N–H and O–H groups in total. The zero-order valence-electron chi connectivity index (χ0n) is 19.3. The summed E-state index contributed by atoms with van der Waals surface area (Å²) in [5, 5.41) is 8.75. The number of H-pyrrole nitrogens is 1. The van der Waals surface area contributed by atoms with Crippen molar-refractivity contribution in [2.24, 2.45) is 5.41 Å². The topological polar surface area (TPSA) is 70.2 Å². The number of rotatable bonds is 6. The van der Waals surface area contributed by atoms with Crippen LogP contribution in [0.25, 0.3) is 22.3 Å². The van der Waals surface area contributed by atoms with Crippen molar-refractivity contribution in [2.75, 3.05) is 31.1 Å². The number of nitrogens with zero attached hydrogens (tertiary/aromatic N) is 5. The van der Waals surface area contributed by atoms with E-state index in [4.69, 9.17) is 4.74 Å². The summed E-state index contributed by atoms with van der Waals surface area (Å²) in [7, 11) is 0. The van der Waals surface area contributed by atoms with E-state index < -0.39 is 0 Å². The maximum atomic E-state index is 6.17. The van der Waals surface area contributed by atoms with Gasteiger partial charge >= 0.3 is 0 Å². The monoisotopic (exact) mass is 432 g/mol. The molecule has 6 rings (SSSR count). The van der Waals surface area contributed by atoms with Crippen LogP contribution >= 0.6 is 0 Å². The van der Waals surface area contributed by atoms with E-state index in [1.165, 1.54) is 12.8 Å². The predicted octanol–water partition coefficient (Wildman–Crippen LogP) is 4.26. The van der Waals surface area contributed by atoms with Crippen molar-refractivity contribution in [3.05, 3.63) is 30.6 Å². The molecule has 2 aliphatic carbocycles. The van der Waals surface area contributed by atoms with Crippen LogP contribution < -0.4 is 9.64 Å². The van der Waals surface area contributed by atoms with Crippen LogP contribution in [0.1, 0.15) is 46.5 Å². The molecule has 3 heterocycles. The second kappa shape index (κ2) is 7.17.